The Kier molecular flexibility index (Phi) is 3.67. The quantitative estimate of drug-likeness (QED) is 0.341. The molecule has 1 aromatic carbocycles. The molecule has 0 aliphatic carbocycles. The van der Waals surface area contributed by atoms with Crippen LogP contribution in [0.4, 0.5) is 11.4 Å². The van der Waals surface area contributed by atoms with Gasteiger partial charge in [-0.2, -0.15) is 5.10 Å². The number of rotatable bonds is 2. The largest absolute Gasteiger partial charge is 0.397 e. The Balaban J connectivity index is 2.07. The monoisotopic (exact) mass is 408 g/mol. The molecule has 22 heavy (non-hydrogen) atoms. The van der Waals surface area contributed by atoms with Crippen LogP contribution in [0.3, 0.4) is 0 Å². The highest BCUT2D eigenvalue weighted by molar-refractivity contribution is 14.1. The number of nitrogens with two attached hydrogens (primary N) is 1. The summed E-state index contributed by atoms with van der Waals surface area (Å²) in [6.07, 6.45) is 0. The van der Waals surface area contributed by atoms with Gasteiger partial charge < -0.3 is 10.7 Å². The maximum Gasteiger partial charge on any atom is 0.159 e. The lowest BCUT2D eigenvalue weighted by molar-refractivity contribution is 0.567. The van der Waals surface area contributed by atoms with Crippen molar-refractivity contribution in [2.75, 3.05) is 5.73 Å². The lowest BCUT2D eigenvalue weighted by atomic mass is 9.92. The number of hydrogen-bond acceptors (Lipinski definition) is 4. The lowest BCUT2D eigenvalue weighted by Gasteiger charge is -2.14. The second kappa shape index (κ2) is 5.38. The Hall–Kier alpha value is -1.90. The normalized spacial score (nSPS) is 12.5. The Morgan fingerprint density at radius 2 is 2.05 bits per heavy atom. The summed E-state index contributed by atoms with van der Waals surface area (Å²) in [4.78, 5) is 12.1. The average Bonchev–Trinajstić information content (AvgIpc) is 3.04. The number of aromatic amines is 2. The van der Waals surface area contributed by atoms with Crippen LogP contribution in [0.1, 0.15) is 26.5 Å². The van der Waals surface area contributed by atoms with Gasteiger partial charge in [0.05, 0.1) is 26.6 Å². The van der Waals surface area contributed by atoms with Crippen molar-refractivity contribution >= 4 is 49.2 Å². The molecule has 0 fully saturated rings. The van der Waals surface area contributed by atoms with E-state index in [0.29, 0.717) is 5.69 Å². The van der Waals surface area contributed by atoms with Gasteiger partial charge in [0, 0.05) is 11.1 Å². The molecule has 4 N–H and O–H groups in total. The van der Waals surface area contributed by atoms with Crippen molar-refractivity contribution in [2.45, 2.75) is 26.2 Å². The summed E-state index contributed by atoms with van der Waals surface area (Å²) >= 11 is 2.07. The predicted octanol–water partition coefficient (Wildman–Crippen LogP) is 3.93. The van der Waals surface area contributed by atoms with E-state index in [0.717, 1.165) is 33.9 Å². The number of fused-ring (bicyclic) bond motifs is 1. The first-order valence-corrected chi connectivity index (χ1v) is 8.11. The van der Waals surface area contributed by atoms with Gasteiger partial charge in [-0.15, -0.1) is 0 Å². The maximum absolute atomic E-state index is 6.00. The number of H-pyrrole nitrogens is 2. The van der Waals surface area contributed by atoms with Crippen molar-refractivity contribution in [3.05, 3.63) is 23.9 Å². The third-order valence-corrected chi connectivity index (χ3v) is 3.73. The molecular weight excluding hydrogens is 391 g/mol. The molecule has 2 aromatic heterocycles. The van der Waals surface area contributed by atoms with E-state index in [1.165, 1.54) is 0 Å². The first kappa shape index (κ1) is 15.0. The highest BCUT2D eigenvalue weighted by atomic mass is 127. The zero-order valence-electron chi connectivity index (χ0n) is 12.6. The fourth-order valence-corrected chi connectivity index (χ4v) is 2.48. The van der Waals surface area contributed by atoms with Crippen LogP contribution in [0.5, 0.6) is 0 Å². The van der Waals surface area contributed by atoms with Gasteiger partial charge >= 0.3 is 0 Å². The number of aromatic nitrogens is 4. The number of anilines is 1. The summed E-state index contributed by atoms with van der Waals surface area (Å²) in [5, 5.41) is 7.42. The van der Waals surface area contributed by atoms with Crippen LogP contribution in [0.2, 0.25) is 0 Å². The molecule has 114 valence electrons. The van der Waals surface area contributed by atoms with Gasteiger partial charge in [0.1, 0.15) is 5.69 Å². The Labute approximate surface area is 141 Å². The first-order chi connectivity index (χ1) is 10.4. The molecule has 0 aliphatic rings. The van der Waals surface area contributed by atoms with E-state index in [4.69, 9.17) is 5.73 Å². The van der Waals surface area contributed by atoms with Gasteiger partial charge in [-0.05, 0) is 40.8 Å². The number of aliphatic imine (C=N–C) groups is 1. The first-order valence-electron chi connectivity index (χ1n) is 6.87. The fraction of sp³-hybridized carbons (Fsp3) is 0.267. The van der Waals surface area contributed by atoms with Crippen LogP contribution in [0.15, 0.2) is 23.2 Å². The van der Waals surface area contributed by atoms with Crippen molar-refractivity contribution in [1.82, 2.24) is 20.2 Å². The van der Waals surface area contributed by atoms with Crippen LogP contribution in [0.25, 0.3) is 22.6 Å². The molecule has 3 rings (SSSR count). The van der Waals surface area contributed by atoms with E-state index >= 15 is 0 Å². The number of nitrogen functional groups attached to an aromatic ring is 1. The van der Waals surface area contributed by atoms with Crippen molar-refractivity contribution in [3.63, 3.8) is 0 Å². The molecule has 0 atom stereocenters. The number of nitrogens with one attached hydrogen (secondary N) is 2. The van der Waals surface area contributed by atoms with Crippen molar-refractivity contribution in [3.8, 4) is 11.5 Å². The summed E-state index contributed by atoms with van der Waals surface area (Å²) in [7, 11) is 0. The second-order valence-corrected chi connectivity index (χ2v) is 6.71. The molecule has 2 heterocycles. The molecule has 3 aromatic rings. The summed E-state index contributed by atoms with van der Waals surface area (Å²) < 4.78 is 1.69. The molecule has 0 saturated carbocycles. The molecule has 0 bridgehead atoms. The summed E-state index contributed by atoms with van der Waals surface area (Å²) in [6.45, 7) is 6.41. The molecule has 0 aliphatic heterocycles. The molecule has 0 spiro atoms. The Morgan fingerprint density at radius 3 is 2.68 bits per heavy atom. The minimum atomic E-state index is 0.0177. The van der Waals surface area contributed by atoms with Crippen LogP contribution >= 0.6 is 22.6 Å². The molecule has 0 radical (unpaired) electrons. The van der Waals surface area contributed by atoms with Crippen LogP contribution in [-0.4, -0.2) is 24.4 Å². The fourth-order valence-electron chi connectivity index (χ4n) is 2.18. The Bertz CT molecular complexity index is 853. The molecular formula is C15H17IN6. The zero-order chi connectivity index (χ0) is 15.9. The van der Waals surface area contributed by atoms with Gasteiger partial charge in [0.2, 0.25) is 0 Å². The van der Waals surface area contributed by atoms with E-state index in [-0.39, 0.29) is 5.41 Å². The maximum atomic E-state index is 6.00. The number of imidazole rings is 1. The van der Waals surface area contributed by atoms with Crippen molar-refractivity contribution in [1.29, 1.82) is 0 Å². The topological polar surface area (TPSA) is 95.7 Å². The smallest absolute Gasteiger partial charge is 0.159 e. The third kappa shape index (κ3) is 2.72. The van der Waals surface area contributed by atoms with Gasteiger partial charge in [0.25, 0.3) is 0 Å². The third-order valence-electron chi connectivity index (χ3n) is 3.45. The highest BCUT2D eigenvalue weighted by Crippen LogP contribution is 2.30. The lowest BCUT2D eigenvalue weighted by Crippen LogP contribution is -2.11. The minimum Gasteiger partial charge on any atom is -0.397 e. The summed E-state index contributed by atoms with van der Waals surface area (Å²) in [5.74, 6) is 0.719. The number of nitrogens with zero attached hydrogens (tertiary/aromatic N) is 3. The molecule has 0 amide bonds. The molecule has 0 saturated heterocycles. The Morgan fingerprint density at radius 1 is 1.27 bits per heavy atom. The van der Waals surface area contributed by atoms with E-state index in [1.54, 1.807) is 4.22 Å². The van der Waals surface area contributed by atoms with Crippen molar-refractivity contribution in [2.24, 2.45) is 4.99 Å². The molecule has 0 unspecified atom stereocenters. The highest BCUT2D eigenvalue weighted by Gasteiger charge is 2.18. The summed E-state index contributed by atoms with van der Waals surface area (Å²) in [5.41, 5.74) is 10.9. The van der Waals surface area contributed by atoms with Gasteiger partial charge in [-0.3, -0.25) is 5.10 Å². The standard InChI is InChI=1S/C15H17IN6/c1-15(2,3)13-6-12(21-22-13)14-19-10-4-8(17)9(18-7-16)5-11(10)20-14/h4-7H,17H2,1-3H3,(H,19,20)(H,21,22). The average molecular weight is 408 g/mol. The number of benzene rings is 1. The van der Waals surface area contributed by atoms with E-state index in [9.17, 15) is 0 Å². The van der Waals surface area contributed by atoms with Crippen LogP contribution < -0.4 is 5.73 Å². The van der Waals surface area contributed by atoms with E-state index < -0.39 is 0 Å². The molecule has 7 heteroatoms. The number of halogens is 1. The van der Waals surface area contributed by atoms with Gasteiger partial charge in [-0.1, -0.05) is 20.8 Å². The van der Waals surface area contributed by atoms with E-state index in [1.807, 2.05) is 18.2 Å². The second-order valence-electron chi connectivity index (χ2n) is 6.16. The van der Waals surface area contributed by atoms with E-state index in [2.05, 4.69) is 68.5 Å². The van der Waals surface area contributed by atoms with Crippen molar-refractivity contribution < 1.29 is 0 Å². The SMILES string of the molecule is CC(C)(C)c1cc(-c2nc3cc(N=CI)c(N)cc3[nH]2)n[nH]1. The predicted molar refractivity (Wildman–Crippen MR) is 99.0 cm³/mol. The minimum absolute atomic E-state index is 0.0177. The van der Waals surface area contributed by atoms with Crippen LogP contribution in [0, 0.1) is 0 Å². The molecule has 6 nitrogen and oxygen atoms in total. The summed E-state index contributed by atoms with van der Waals surface area (Å²) in [6, 6.07) is 5.74. The number of hydrogen-bond donors (Lipinski definition) is 3. The van der Waals surface area contributed by atoms with Gasteiger partial charge in [0.15, 0.2) is 5.82 Å². The van der Waals surface area contributed by atoms with Gasteiger partial charge in [-0.25, -0.2) is 9.98 Å². The van der Waals surface area contributed by atoms with Crippen LogP contribution in [-0.2, 0) is 5.41 Å². The zero-order valence-corrected chi connectivity index (χ0v) is 14.8.